The number of fused-ring (bicyclic) bond motifs is 1. The largest absolute Gasteiger partial charge is 0.484 e. The van der Waals surface area contributed by atoms with Gasteiger partial charge in [-0.25, -0.2) is 4.98 Å². The van der Waals surface area contributed by atoms with E-state index < -0.39 is 0 Å². The number of pyridine rings is 1. The van der Waals surface area contributed by atoms with Gasteiger partial charge in [0.1, 0.15) is 18.3 Å². The molecule has 1 unspecified atom stereocenters. The molecule has 2 aliphatic rings. The fourth-order valence-corrected chi connectivity index (χ4v) is 3.62. The molecule has 0 bridgehead atoms. The standard InChI is InChI=1S/C21H26N6O2/c1-24-11-19(22)27-10-9-26(13-20(27)23)12-15-4-6-16(7-5-15)18-14-28-17-3-2-8-25-21(17)29-18/h2-8,18,22-24H,9-14H2,1H3. The minimum absolute atomic E-state index is 0.165. The number of amidine groups is 2. The number of aromatic nitrogens is 1. The Kier molecular flexibility index (Phi) is 5.73. The Labute approximate surface area is 170 Å². The number of hydrogen-bond donors (Lipinski definition) is 3. The minimum atomic E-state index is -0.165. The summed E-state index contributed by atoms with van der Waals surface area (Å²) in [6.07, 6.45) is 1.53. The van der Waals surface area contributed by atoms with Crippen molar-refractivity contribution in [3.63, 3.8) is 0 Å². The minimum Gasteiger partial charge on any atom is -0.484 e. The third kappa shape index (κ3) is 4.38. The summed E-state index contributed by atoms with van der Waals surface area (Å²) in [6, 6.07) is 12.0. The topological polar surface area (TPSA) is 97.6 Å². The molecule has 0 radical (unpaired) electrons. The van der Waals surface area contributed by atoms with Gasteiger partial charge in [0.15, 0.2) is 11.9 Å². The van der Waals surface area contributed by atoms with Crippen molar-refractivity contribution in [2.75, 3.05) is 39.8 Å². The van der Waals surface area contributed by atoms with Gasteiger partial charge in [0.05, 0.1) is 13.1 Å². The lowest BCUT2D eigenvalue weighted by Gasteiger charge is -2.36. The Morgan fingerprint density at radius 1 is 1.24 bits per heavy atom. The van der Waals surface area contributed by atoms with Crippen molar-refractivity contribution in [1.82, 2.24) is 20.1 Å². The molecule has 1 saturated heterocycles. The first-order valence-corrected chi connectivity index (χ1v) is 9.76. The Morgan fingerprint density at radius 2 is 2.07 bits per heavy atom. The highest BCUT2D eigenvalue weighted by Gasteiger charge is 2.25. The van der Waals surface area contributed by atoms with Crippen molar-refractivity contribution < 1.29 is 9.47 Å². The third-order valence-corrected chi connectivity index (χ3v) is 5.15. The van der Waals surface area contributed by atoms with Gasteiger partial charge in [-0.3, -0.25) is 15.7 Å². The van der Waals surface area contributed by atoms with E-state index in [0.717, 1.165) is 18.7 Å². The summed E-state index contributed by atoms with van der Waals surface area (Å²) in [5.41, 5.74) is 2.25. The average Bonchev–Trinajstić information content (AvgIpc) is 2.74. The van der Waals surface area contributed by atoms with Crippen LogP contribution in [0, 0.1) is 10.8 Å². The van der Waals surface area contributed by atoms with Crippen molar-refractivity contribution in [3.05, 3.63) is 53.7 Å². The molecule has 8 heteroatoms. The summed E-state index contributed by atoms with van der Waals surface area (Å²) >= 11 is 0. The Bertz CT molecular complexity index is 885. The second kappa shape index (κ2) is 8.59. The Hall–Kier alpha value is -2.97. The van der Waals surface area contributed by atoms with E-state index >= 15 is 0 Å². The van der Waals surface area contributed by atoms with Crippen molar-refractivity contribution in [2.45, 2.75) is 12.6 Å². The van der Waals surface area contributed by atoms with Crippen LogP contribution in [-0.4, -0.2) is 66.3 Å². The van der Waals surface area contributed by atoms with Crippen molar-refractivity contribution >= 4 is 11.7 Å². The maximum atomic E-state index is 8.26. The number of nitrogens with one attached hydrogen (secondary N) is 3. The zero-order valence-corrected chi connectivity index (χ0v) is 16.5. The molecule has 3 N–H and O–H groups in total. The molecule has 0 saturated carbocycles. The lowest BCUT2D eigenvalue weighted by molar-refractivity contribution is 0.0851. The first-order valence-electron chi connectivity index (χ1n) is 9.76. The molecule has 152 valence electrons. The van der Waals surface area contributed by atoms with E-state index in [1.807, 2.05) is 19.2 Å². The molecule has 2 aliphatic heterocycles. The van der Waals surface area contributed by atoms with E-state index in [0.29, 0.717) is 49.5 Å². The van der Waals surface area contributed by atoms with Gasteiger partial charge in [-0.05, 0) is 30.3 Å². The van der Waals surface area contributed by atoms with Crippen molar-refractivity contribution in [1.29, 1.82) is 10.8 Å². The molecule has 1 aromatic carbocycles. The zero-order chi connectivity index (χ0) is 20.2. The zero-order valence-electron chi connectivity index (χ0n) is 16.5. The highest BCUT2D eigenvalue weighted by atomic mass is 16.6. The van der Waals surface area contributed by atoms with Crippen LogP contribution in [0.2, 0.25) is 0 Å². The fraction of sp³-hybridized carbons (Fsp3) is 0.381. The number of hydrogen-bond acceptors (Lipinski definition) is 7. The van der Waals surface area contributed by atoms with Crippen LogP contribution in [0.3, 0.4) is 0 Å². The molecule has 1 fully saturated rings. The van der Waals surface area contributed by atoms with E-state index in [1.165, 1.54) is 5.56 Å². The number of likely N-dealkylation sites (N-methyl/N-ethyl adjacent to an activating group) is 1. The second-order valence-corrected chi connectivity index (χ2v) is 7.25. The van der Waals surface area contributed by atoms with Gasteiger partial charge in [0.2, 0.25) is 0 Å². The summed E-state index contributed by atoms with van der Waals surface area (Å²) in [4.78, 5) is 8.25. The molecule has 1 aromatic heterocycles. The van der Waals surface area contributed by atoms with Crippen LogP contribution >= 0.6 is 0 Å². The lowest BCUT2D eigenvalue weighted by atomic mass is 10.1. The lowest BCUT2D eigenvalue weighted by Crippen LogP contribution is -2.53. The highest BCUT2D eigenvalue weighted by Crippen LogP contribution is 2.33. The van der Waals surface area contributed by atoms with E-state index in [4.69, 9.17) is 20.3 Å². The molecule has 8 nitrogen and oxygen atoms in total. The SMILES string of the molecule is CNCC(=N)N1CCN(Cc2ccc(C3COc4cccnc4O3)cc2)CC1=N. The van der Waals surface area contributed by atoms with E-state index in [9.17, 15) is 0 Å². The Morgan fingerprint density at radius 3 is 2.83 bits per heavy atom. The van der Waals surface area contributed by atoms with E-state index in [2.05, 4.69) is 39.5 Å². The van der Waals surface area contributed by atoms with Gasteiger partial charge in [-0.15, -0.1) is 0 Å². The van der Waals surface area contributed by atoms with Gasteiger partial charge >= 0.3 is 0 Å². The third-order valence-electron chi connectivity index (χ3n) is 5.15. The van der Waals surface area contributed by atoms with Crippen LogP contribution in [0.1, 0.15) is 17.2 Å². The summed E-state index contributed by atoms with van der Waals surface area (Å²) in [7, 11) is 1.82. The van der Waals surface area contributed by atoms with Crippen LogP contribution in [0.25, 0.3) is 0 Å². The van der Waals surface area contributed by atoms with E-state index in [1.54, 1.807) is 11.1 Å². The molecule has 29 heavy (non-hydrogen) atoms. The molecule has 4 rings (SSSR count). The maximum absolute atomic E-state index is 8.26. The second-order valence-electron chi connectivity index (χ2n) is 7.25. The predicted molar refractivity (Wildman–Crippen MR) is 111 cm³/mol. The average molecular weight is 394 g/mol. The van der Waals surface area contributed by atoms with E-state index in [-0.39, 0.29) is 6.10 Å². The number of benzene rings is 1. The number of piperazine rings is 1. The number of ether oxygens (including phenoxy) is 2. The normalized spacial score (nSPS) is 19.3. The molecule has 0 spiro atoms. The van der Waals surface area contributed by atoms with Gasteiger partial charge < -0.3 is 19.7 Å². The first kappa shape index (κ1) is 19.4. The van der Waals surface area contributed by atoms with Crippen molar-refractivity contribution in [2.24, 2.45) is 0 Å². The summed E-state index contributed by atoms with van der Waals surface area (Å²) in [5, 5.41) is 19.3. The van der Waals surface area contributed by atoms with Crippen molar-refractivity contribution in [3.8, 4) is 11.6 Å². The summed E-state index contributed by atoms with van der Waals surface area (Å²) in [6.45, 7) is 3.79. The predicted octanol–water partition coefficient (Wildman–Crippen LogP) is 1.89. The summed E-state index contributed by atoms with van der Waals surface area (Å²) < 4.78 is 11.7. The van der Waals surface area contributed by atoms with Crippen LogP contribution < -0.4 is 14.8 Å². The van der Waals surface area contributed by atoms with Gasteiger partial charge in [0.25, 0.3) is 5.88 Å². The van der Waals surface area contributed by atoms with Crippen LogP contribution in [0.5, 0.6) is 11.6 Å². The molecule has 0 aliphatic carbocycles. The van der Waals surface area contributed by atoms with Gasteiger partial charge in [-0.2, -0.15) is 0 Å². The first-order chi connectivity index (χ1) is 14.1. The number of rotatable bonds is 5. The molecular weight excluding hydrogens is 368 g/mol. The number of nitrogens with zero attached hydrogens (tertiary/aromatic N) is 3. The van der Waals surface area contributed by atoms with Gasteiger partial charge in [-0.1, -0.05) is 24.3 Å². The molecule has 3 heterocycles. The maximum Gasteiger partial charge on any atom is 0.257 e. The van der Waals surface area contributed by atoms with Crippen LogP contribution in [0.15, 0.2) is 42.6 Å². The highest BCUT2D eigenvalue weighted by molar-refractivity contribution is 6.00. The Balaban J connectivity index is 1.34. The molecule has 0 amide bonds. The van der Waals surface area contributed by atoms with Crippen LogP contribution in [0.4, 0.5) is 0 Å². The summed E-state index contributed by atoms with van der Waals surface area (Å²) in [5.74, 6) is 2.15. The fourth-order valence-electron chi connectivity index (χ4n) is 3.62. The molecule has 2 aromatic rings. The van der Waals surface area contributed by atoms with Gasteiger partial charge in [0, 0.05) is 25.8 Å². The van der Waals surface area contributed by atoms with Crippen LogP contribution in [-0.2, 0) is 6.54 Å². The molecule has 1 atom stereocenters. The smallest absolute Gasteiger partial charge is 0.257 e. The quantitative estimate of drug-likeness (QED) is 0.529. The monoisotopic (exact) mass is 394 g/mol. The molecular formula is C21H26N6O2.